The molecule has 90 valence electrons. The molecule has 0 radical (unpaired) electrons. The second-order valence-electron chi connectivity index (χ2n) is 3.28. The standard InChI is InChI=1S/C7H9F3N4O2/c1-4(2-6(15)16)14-5(11-12-13-14)3-7(8,9)10/h4H,2-3H2,1H3,(H,15,16). The van der Waals surface area contributed by atoms with Gasteiger partial charge in [-0.25, -0.2) is 4.68 Å². The van der Waals surface area contributed by atoms with Crippen molar-refractivity contribution >= 4 is 5.97 Å². The molecule has 6 nitrogen and oxygen atoms in total. The first-order valence-corrected chi connectivity index (χ1v) is 4.35. The highest BCUT2D eigenvalue weighted by Gasteiger charge is 2.32. The average molecular weight is 238 g/mol. The number of tetrazole rings is 1. The number of rotatable bonds is 4. The van der Waals surface area contributed by atoms with Crippen LogP contribution in [0, 0.1) is 0 Å². The summed E-state index contributed by atoms with van der Waals surface area (Å²) in [6.45, 7) is 1.43. The van der Waals surface area contributed by atoms with E-state index >= 15 is 0 Å². The van der Waals surface area contributed by atoms with Crippen LogP contribution in [0.1, 0.15) is 25.2 Å². The van der Waals surface area contributed by atoms with Crippen molar-refractivity contribution in [2.24, 2.45) is 0 Å². The van der Waals surface area contributed by atoms with Crippen molar-refractivity contribution in [2.45, 2.75) is 32.0 Å². The van der Waals surface area contributed by atoms with Crippen molar-refractivity contribution in [1.82, 2.24) is 20.2 Å². The maximum atomic E-state index is 12.1. The molecule has 1 atom stereocenters. The molecule has 0 fully saturated rings. The van der Waals surface area contributed by atoms with E-state index in [1.807, 2.05) is 0 Å². The highest BCUT2D eigenvalue weighted by molar-refractivity contribution is 5.67. The zero-order valence-corrected chi connectivity index (χ0v) is 8.27. The van der Waals surface area contributed by atoms with Crippen LogP contribution in [0.5, 0.6) is 0 Å². The molecule has 9 heteroatoms. The van der Waals surface area contributed by atoms with Gasteiger partial charge in [-0.3, -0.25) is 4.79 Å². The van der Waals surface area contributed by atoms with Gasteiger partial charge in [0.25, 0.3) is 0 Å². The maximum absolute atomic E-state index is 12.1. The first kappa shape index (κ1) is 12.4. The Hall–Kier alpha value is -1.67. The van der Waals surface area contributed by atoms with Gasteiger partial charge in [0.05, 0.1) is 12.5 Å². The van der Waals surface area contributed by atoms with Crippen molar-refractivity contribution < 1.29 is 23.1 Å². The fraction of sp³-hybridized carbons (Fsp3) is 0.714. The van der Waals surface area contributed by atoms with Gasteiger partial charge in [-0.2, -0.15) is 13.2 Å². The third-order valence-corrected chi connectivity index (χ3v) is 1.81. The lowest BCUT2D eigenvalue weighted by atomic mass is 10.2. The van der Waals surface area contributed by atoms with E-state index in [0.29, 0.717) is 0 Å². The molecule has 0 aromatic carbocycles. The number of aromatic nitrogens is 4. The van der Waals surface area contributed by atoms with Crippen molar-refractivity contribution in [3.05, 3.63) is 5.82 Å². The van der Waals surface area contributed by atoms with Crippen LogP contribution < -0.4 is 0 Å². The van der Waals surface area contributed by atoms with Crippen molar-refractivity contribution in [3.63, 3.8) is 0 Å². The van der Waals surface area contributed by atoms with Crippen LogP contribution >= 0.6 is 0 Å². The van der Waals surface area contributed by atoms with E-state index < -0.39 is 24.6 Å². The smallest absolute Gasteiger partial charge is 0.396 e. The van der Waals surface area contributed by atoms with Gasteiger partial charge < -0.3 is 5.11 Å². The second-order valence-corrected chi connectivity index (χ2v) is 3.28. The summed E-state index contributed by atoms with van der Waals surface area (Å²) >= 11 is 0. The summed E-state index contributed by atoms with van der Waals surface area (Å²) in [5, 5.41) is 18.2. The fourth-order valence-electron chi connectivity index (χ4n) is 1.19. The Bertz CT molecular complexity index is 376. The fourth-order valence-corrected chi connectivity index (χ4v) is 1.19. The van der Waals surface area contributed by atoms with E-state index in [9.17, 15) is 18.0 Å². The van der Waals surface area contributed by atoms with Crippen LogP contribution in [0.3, 0.4) is 0 Å². The van der Waals surface area contributed by atoms with Gasteiger partial charge >= 0.3 is 12.1 Å². The van der Waals surface area contributed by atoms with Crippen molar-refractivity contribution in [1.29, 1.82) is 0 Å². The Balaban J connectivity index is 2.81. The summed E-state index contributed by atoms with van der Waals surface area (Å²) < 4.78 is 37.2. The van der Waals surface area contributed by atoms with Crippen LogP contribution in [0.2, 0.25) is 0 Å². The first-order chi connectivity index (χ1) is 7.29. The van der Waals surface area contributed by atoms with E-state index in [1.54, 1.807) is 0 Å². The third kappa shape index (κ3) is 3.48. The van der Waals surface area contributed by atoms with Crippen LogP contribution in [-0.2, 0) is 11.2 Å². The van der Waals surface area contributed by atoms with Gasteiger partial charge in [0, 0.05) is 0 Å². The van der Waals surface area contributed by atoms with Crippen LogP contribution in [0.4, 0.5) is 13.2 Å². The van der Waals surface area contributed by atoms with Crippen LogP contribution in [-0.4, -0.2) is 37.5 Å². The van der Waals surface area contributed by atoms with Crippen molar-refractivity contribution in [3.8, 4) is 0 Å². The largest absolute Gasteiger partial charge is 0.481 e. The number of carbonyl (C=O) groups is 1. The summed E-state index contributed by atoms with van der Waals surface area (Å²) in [7, 11) is 0. The predicted molar refractivity (Wildman–Crippen MR) is 44.5 cm³/mol. The number of carboxylic acids is 1. The highest BCUT2D eigenvalue weighted by Crippen LogP contribution is 2.21. The van der Waals surface area contributed by atoms with Gasteiger partial charge in [0.2, 0.25) is 0 Å². The molecule has 1 heterocycles. The van der Waals surface area contributed by atoms with E-state index in [1.165, 1.54) is 6.92 Å². The lowest BCUT2D eigenvalue weighted by Crippen LogP contribution is -2.20. The number of hydrogen-bond donors (Lipinski definition) is 1. The molecule has 0 aliphatic heterocycles. The van der Waals surface area contributed by atoms with E-state index in [0.717, 1.165) is 4.68 Å². The minimum atomic E-state index is -4.42. The molecule has 0 aliphatic rings. The van der Waals surface area contributed by atoms with Gasteiger partial charge in [0.1, 0.15) is 6.42 Å². The normalized spacial score (nSPS) is 13.8. The van der Waals surface area contributed by atoms with E-state index in [4.69, 9.17) is 5.11 Å². The monoisotopic (exact) mass is 238 g/mol. The predicted octanol–water partition coefficient (Wildman–Crippen LogP) is 0.814. The summed E-state index contributed by atoms with van der Waals surface area (Å²) in [6.07, 6.45) is -6.03. The maximum Gasteiger partial charge on any atom is 0.396 e. The molecule has 1 rings (SSSR count). The Morgan fingerprint density at radius 2 is 2.19 bits per heavy atom. The van der Waals surface area contributed by atoms with Gasteiger partial charge in [0.15, 0.2) is 5.82 Å². The lowest BCUT2D eigenvalue weighted by Gasteiger charge is -2.11. The Labute approximate surface area is 88.1 Å². The van der Waals surface area contributed by atoms with Crippen molar-refractivity contribution in [2.75, 3.05) is 0 Å². The van der Waals surface area contributed by atoms with Crippen LogP contribution in [0.25, 0.3) is 0 Å². The molecule has 16 heavy (non-hydrogen) atoms. The zero-order chi connectivity index (χ0) is 12.3. The minimum Gasteiger partial charge on any atom is -0.481 e. The number of nitrogens with zero attached hydrogens (tertiary/aromatic N) is 4. The number of aliphatic carboxylic acids is 1. The molecule has 0 saturated heterocycles. The quantitative estimate of drug-likeness (QED) is 0.839. The lowest BCUT2D eigenvalue weighted by molar-refractivity contribution is -0.137. The first-order valence-electron chi connectivity index (χ1n) is 4.35. The Kier molecular flexibility index (Phi) is 3.45. The zero-order valence-electron chi connectivity index (χ0n) is 8.27. The van der Waals surface area contributed by atoms with E-state index in [-0.39, 0.29) is 12.2 Å². The third-order valence-electron chi connectivity index (χ3n) is 1.81. The molecule has 0 spiro atoms. The summed E-state index contributed by atoms with van der Waals surface area (Å²) in [6, 6.07) is -0.718. The molecule has 0 aliphatic carbocycles. The second kappa shape index (κ2) is 4.45. The number of hydrogen-bond acceptors (Lipinski definition) is 4. The molecule has 1 aromatic heterocycles. The number of alkyl halides is 3. The minimum absolute atomic E-state index is 0.337. The Morgan fingerprint density at radius 3 is 2.69 bits per heavy atom. The number of halogens is 3. The van der Waals surface area contributed by atoms with Gasteiger partial charge in [-0.05, 0) is 17.4 Å². The molecule has 0 bridgehead atoms. The van der Waals surface area contributed by atoms with Gasteiger partial charge in [-0.1, -0.05) is 0 Å². The summed E-state index contributed by atoms with van der Waals surface area (Å²) in [5.74, 6) is -1.51. The highest BCUT2D eigenvalue weighted by atomic mass is 19.4. The molecule has 1 unspecified atom stereocenters. The van der Waals surface area contributed by atoms with E-state index in [2.05, 4.69) is 15.5 Å². The molecule has 1 N–H and O–H groups in total. The summed E-state index contributed by atoms with van der Waals surface area (Å²) in [5.41, 5.74) is 0. The van der Waals surface area contributed by atoms with Crippen LogP contribution in [0.15, 0.2) is 0 Å². The molecule has 0 saturated carbocycles. The topological polar surface area (TPSA) is 80.9 Å². The number of carboxylic acid groups (broad SMARTS) is 1. The molecular weight excluding hydrogens is 229 g/mol. The Morgan fingerprint density at radius 1 is 1.56 bits per heavy atom. The average Bonchev–Trinajstić information content (AvgIpc) is 2.47. The SMILES string of the molecule is CC(CC(=O)O)n1nnnc1CC(F)(F)F. The molecule has 0 amide bonds. The van der Waals surface area contributed by atoms with Gasteiger partial charge in [-0.15, -0.1) is 5.10 Å². The molecule has 1 aromatic rings. The summed E-state index contributed by atoms with van der Waals surface area (Å²) in [4.78, 5) is 10.4. The molecular formula is C7H9F3N4O2.